The molecule has 4 rings (SSSR count). The number of methoxy groups -OCH3 is 1. The van der Waals surface area contributed by atoms with Crippen LogP contribution in [0, 0.1) is 0 Å². The summed E-state index contributed by atoms with van der Waals surface area (Å²) in [6.07, 6.45) is 5.37. The minimum Gasteiger partial charge on any atom is -0.493 e. The van der Waals surface area contributed by atoms with Crippen molar-refractivity contribution in [3.05, 3.63) is 33.8 Å². The number of hydrogen-bond acceptors (Lipinski definition) is 4. The number of hydrogen-bond donors (Lipinski definition) is 0. The van der Waals surface area contributed by atoms with Gasteiger partial charge in [-0.05, 0) is 24.1 Å². The van der Waals surface area contributed by atoms with E-state index >= 15 is 0 Å². The van der Waals surface area contributed by atoms with E-state index in [4.69, 9.17) is 9.47 Å². The number of rotatable bonds is 2. The molecule has 0 unspecified atom stereocenters. The maximum Gasteiger partial charge on any atom is 0.210 e. The number of amides is 1. The van der Waals surface area contributed by atoms with Gasteiger partial charge in [0.25, 0.3) is 0 Å². The molecule has 0 saturated heterocycles. The van der Waals surface area contributed by atoms with Crippen LogP contribution in [-0.2, 0) is 21.5 Å². The van der Waals surface area contributed by atoms with Gasteiger partial charge in [-0.1, -0.05) is 22.0 Å². The van der Waals surface area contributed by atoms with Gasteiger partial charge >= 0.3 is 0 Å². The number of allylic oxidation sites excluding steroid dienone is 1. The fraction of sp³-hybridized carbons (Fsp3) is 0.412. The van der Waals surface area contributed by atoms with E-state index < -0.39 is 0 Å². The zero-order chi connectivity index (χ0) is 16.2. The molecule has 0 radical (unpaired) electrons. The van der Waals surface area contributed by atoms with Crippen molar-refractivity contribution >= 4 is 28.1 Å². The third-order valence-corrected chi connectivity index (χ3v) is 5.80. The normalized spacial score (nSPS) is 27.8. The molecule has 0 fully saturated rings. The van der Waals surface area contributed by atoms with E-state index in [-0.39, 0.29) is 17.3 Å². The van der Waals surface area contributed by atoms with Crippen molar-refractivity contribution in [1.29, 1.82) is 0 Å². The van der Waals surface area contributed by atoms with Gasteiger partial charge in [-0.2, -0.15) is 0 Å². The number of carbonyl (C=O) groups excluding carboxylic acids is 2. The van der Waals surface area contributed by atoms with E-state index in [1.54, 1.807) is 18.1 Å². The average molecular weight is 378 g/mol. The Labute approximate surface area is 142 Å². The molecule has 23 heavy (non-hydrogen) atoms. The van der Waals surface area contributed by atoms with Crippen LogP contribution in [0.3, 0.4) is 0 Å². The number of halogens is 1. The molecule has 0 saturated carbocycles. The molecular formula is C17H16BrNO4. The lowest BCUT2D eigenvalue weighted by molar-refractivity contribution is -0.119. The molecule has 2 atom stereocenters. The number of nitrogens with zero attached hydrogens (tertiary/aromatic N) is 1. The average Bonchev–Trinajstić information content (AvgIpc) is 2.77. The van der Waals surface area contributed by atoms with Crippen LogP contribution < -0.4 is 9.47 Å². The summed E-state index contributed by atoms with van der Waals surface area (Å²) in [4.78, 5) is 25.0. The highest BCUT2D eigenvalue weighted by molar-refractivity contribution is 9.10. The predicted octanol–water partition coefficient (Wildman–Crippen LogP) is 2.35. The summed E-state index contributed by atoms with van der Waals surface area (Å²) in [7, 11) is 1.61. The predicted molar refractivity (Wildman–Crippen MR) is 86.6 cm³/mol. The molecular weight excluding hydrogens is 362 g/mol. The van der Waals surface area contributed by atoms with Crippen LogP contribution in [0.15, 0.2) is 22.7 Å². The third-order valence-electron chi connectivity index (χ3n) is 5.09. The summed E-state index contributed by atoms with van der Waals surface area (Å²) in [6.45, 7) is 1.15. The Morgan fingerprint density at radius 3 is 3.09 bits per heavy atom. The fourth-order valence-electron chi connectivity index (χ4n) is 3.95. The molecule has 1 aromatic rings. The SMILES string of the molecule is COc1cc(Br)c2c3c1O[C@@H]1CC(=O)C=C[C@]31CCN(C=O)C2. The fourth-order valence-corrected chi connectivity index (χ4v) is 4.48. The summed E-state index contributed by atoms with van der Waals surface area (Å²) in [6, 6.07) is 1.87. The molecule has 1 aliphatic carbocycles. The van der Waals surface area contributed by atoms with Gasteiger partial charge in [0, 0.05) is 29.5 Å². The Balaban J connectivity index is 2.00. The van der Waals surface area contributed by atoms with Crippen LogP contribution >= 0.6 is 15.9 Å². The van der Waals surface area contributed by atoms with Crippen LogP contribution in [-0.4, -0.2) is 36.9 Å². The number of ketones is 1. The summed E-state index contributed by atoms with van der Waals surface area (Å²) < 4.78 is 12.6. The standard InChI is InChI=1S/C17H16BrNO4/c1-22-13-7-12(18)11-8-19(9-20)5-4-17-3-2-10(21)6-14(17)23-16(13)15(11)17/h2-3,7,9,14H,4-6,8H2,1H3/t14-,17-/m1/s1. The smallest absolute Gasteiger partial charge is 0.210 e. The van der Waals surface area contributed by atoms with Crippen LogP contribution in [0.2, 0.25) is 0 Å². The minimum atomic E-state index is -0.368. The first-order valence-electron chi connectivity index (χ1n) is 7.57. The molecule has 3 aliphatic rings. The van der Waals surface area contributed by atoms with Crippen LogP contribution in [0.1, 0.15) is 24.0 Å². The zero-order valence-electron chi connectivity index (χ0n) is 12.7. The van der Waals surface area contributed by atoms with Crippen molar-refractivity contribution in [2.45, 2.75) is 30.9 Å². The lowest BCUT2D eigenvalue weighted by Crippen LogP contribution is -2.41. The van der Waals surface area contributed by atoms with Crippen molar-refractivity contribution < 1.29 is 19.1 Å². The maximum absolute atomic E-state index is 11.9. The van der Waals surface area contributed by atoms with Gasteiger partial charge in [0.2, 0.25) is 6.41 Å². The number of carbonyl (C=O) groups is 2. The molecule has 5 nitrogen and oxygen atoms in total. The second kappa shape index (κ2) is 5.09. The molecule has 120 valence electrons. The van der Waals surface area contributed by atoms with E-state index in [0.29, 0.717) is 31.0 Å². The van der Waals surface area contributed by atoms with Gasteiger partial charge in [0.1, 0.15) is 6.10 Å². The third kappa shape index (κ3) is 1.97. The molecule has 2 heterocycles. The van der Waals surface area contributed by atoms with Crippen molar-refractivity contribution in [2.75, 3.05) is 13.7 Å². The van der Waals surface area contributed by atoms with Gasteiger partial charge in [-0.3, -0.25) is 9.59 Å². The molecule has 1 spiro atoms. The van der Waals surface area contributed by atoms with Crippen molar-refractivity contribution in [3.8, 4) is 11.5 Å². The lowest BCUT2D eigenvalue weighted by atomic mass is 9.69. The molecule has 2 aliphatic heterocycles. The van der Waals surface area contributed by atoms with Gasteiger partial charge in [-0.15, -0.1) is 0 Å². The largest absolute Gasteiger partial charge is 0.493 e. The highest BCUT2D eigenvalue weighted by atomic mass is 79.9. The Bertz CT molecular complexity index is 745. The summed E-state index contributed by atoms with van der Waals surface area (Å²) >= 11 is 3.61. The Morgan fingerprint density at radius 2 is 2.35 bits per heavy atom. The van der Waals surface area contributed by atoms with Crippen molar-refractivity contribution in [2.24, 2.45) is 0 Å². The van der Waals surface area contributed by atoms with Gasteiger partial charge in [0.05, 0.1) is 12.5 Å². The molecule has 1 aromatic carbocycles. The molecule has 1 amide bonds. The van der Waals surface area contributed by atoms with Gasteiger partial charge in [-0.25, -0.2) is 0 Å². The Morgan fingerprint density at radius 1 is 1.52 bits per heavy atom. The van der Waals surface area contributed by atoms with E-state index in [2.05, 4.69) is 15.9 Å². The van der Waals surface area contributed by atoms with Crippen LogP contribution in [0.25, 0.3) is 0 Å². The van der Waals surface area contributed by atoms with Gasteiger partial charge in [0.15, 0.2) is 17.3 Å². The quantitative estimate of drug-likeness (QED) is 0.742. The second-order valence-corrected chi connectivity index (χ2v) is 7.07. The van der Waals surface area contributed by atoms with Crippen molar-refractivity contribution in [3.63, 3.8) is 0 Å². The second-order valence-electron chi connectivity index (χ2n) is 6.22. The summed E-state index contributed by atoms with van der Waals surface area (Å²) in [5.74, 6) is 1.44. The monoisotopic (exact) mass is 377 g/mol. The van der Waals surface area contributed by atoms with Crippen LogP contribution in [0.4, 0.5) is 0 Å². The van der Waals surface area contributed by atoms with E-state index in [1.165, 1.54) is 0 Å². The molecule has 6 heteroatoms. The number of ether oxygens (including phenoxy) is 2. The molecule has 0 bridgehead atoms. The first kappa shape index (κ1) is 14.8. The summed E-state index contributed by atoms with van der Waals surface area (Å²) in [5.41, 5.74) is 1.72. The first-order valence-corrected chi connectivity index (χ1v) is 8.36. The Hall–Kier alpha value is -1.82. The van der Waals surface area contributed by atoms with E-state index in [1.807, 2.05) is 12.1 Å². The minimum absolute atomic E-state index is 0.0736. The lowest BCUT2D eigenvalue weighted by Gasteiger charge is -2.33. The molecule has 0 N–H and O–H groups in total. The number of benzene rings is 1. The van der Waals surface area contributed by atoms with E-state index in [9.17, 15) is 9.59 Å². The van der Waals surface area contributed by atoms with Gasteiger partial charge < -0.3 is 14.4 Å². The maximum atomic E-state index is 11.9. The topological polar surface area (TPSA) is 55.8 Å². The molecule has 0 aromatic heterocycles. The highest BCUT2D eigenvalue weighted by Crippen LogP contribution is 2.56. The highest BCUT2D eigenvalue weighted by Gasteiger charge is 2.53. The summed E-state index contributed by atoms with van der Waals surface area (Å²) in [5, 5.41) is 0. The first-order chi connectivity index (χ1) is 11.1. The van der Waals surface area contributed by atoms with Crippen molar-refractivity contribution in [1.82, 2.24) is 4.90 Å². The van der Waals surface area contributed by atoms with Crippen LogP contribution in [0.5, 0.6) is 11.5 Å². The van der Waals surface area contributed by atoms with E-state index in [0.717, 1.165) is 28.4 Å². The zero-order valence-corrected chi connectivity index (χ0v) is 14.3. The Kier molecular flexibility index (Phi) is 3.27.